The van der Waals surface area contributed by atoms with Gasteiger partial charge in [-0.25, -0.2) is 22.5 Å². The first kappa shape index (κ1) is 16.4. The van der Waals surface area contributed by atoms with Gasteiger partial charge in [0.1, 0.15) is 17.4 Å². The molecular formula is C18H20FN3O5S. The van der Waals surface area contributed by atoms with E-state index >= 15 is 0 Å². The van der Waals surface area contributed by atoms with Gasteiger partial charge in [-0.15, -0.1) is 0 Å². The van der Waals surface area contributed by atoms with Gasteiger partial charge >= 0.3 is 0 Å². The molecule has 2 N–H and O–H groups in total. The van der Waals surface area contributed by atoms with Gasteiger partial charge in [0.2, 0.25) is 10.0 Å². The van der Waals surface area contributed by atoms with Gasteiger partial charge in [0, 0.05) is 12.6 Å². The van der Waals surface area contributed by atoms with Crippen LogP contribution in [-0.2, 0) is 14.8 Å². The molecule has 0 aliphatic carbocycles. The second kappa shape index (κ2) is 8.21. The van der Waals surface area contributed by atoms with Gasteiger partial charge in [0.15, 0.2) is 0 Å². The smallest absolute Gasteiger partial charge is 0.260 e. The van der Waals surface area contributed by atoms with E-state index in [9.17, 15) is 17.6 Å². The van der Waals surface area contributed by atoms with E-state index in [4.69, 9.17) is 13.6 Å². The fourth-order valence-corrected chi connectivity index (χ4v) is 3.94. The van der Waals surface area contributed by atoms with E-state index in [0.717, 1.165) is 24.3 Å². The Bertz CT molecular complexity index is 1090. The van der Waals surface area contributed by atoms with E-state index in [1.165, 1.54) is 13.0 Å². The maximum atomic E-state index is 13.4. The largest absolute Gasteiger partial charge is 0.496 e. The Morgan fingerprint density at radius 1 is 1.39 bits per heavy atom. The molecule has 10 heteroatoms. The molecule has 0 unspecified atom stereocenters. The number of benzene rings is 1. The monoisotopic (exact) mass is 412 g/mol. The topological polar surface area (TPSA) is 107 Å². The molecule has 1 fully saturated rings. The Labute approximate surface area is 166 Å². The molecule has 0 bridgehead atoms. The van der Waals surface area contributed by atoms with Crippen LogP contribution in [0.1, 0.15) is 26.6 Å². The number of carbonyl (C=O) groups excluding carboxylic acids is 1. The lowest BCUT2D eigenvalue weighted by Gasteiger charge is -2.14. The summed E-state index contributed by atoms with van der Waals surface area (Å²) in [4.78, 5) is 16.4. The number of hydrogen-bond acceptors (Lipinski definition) is 6. The van der Waals surface area contributed by atoms with Crippen LogP contribution in [0.15, 0.2) is 35.2 Å². The summed E-state index contributed by atoms with van der Waals surface area (Å²) >= 11 is 0. The van der Waals surface area contributed by atoms with Crippen LogP contribution in [-0.4, -0.2) is 45.6 Å². The lowest BCUT2D eigenvalue weighted by molar-refractivity contribution is 0.102. The lowest BCUT2D eigenvalue weighted by Crippen LogP contribution is -2.35. The number of methoxy groups -OCH3 is 1. The van der Waals surface area contributed by atoms with Crippen LogP contribution in [0, 0.1) is 12.7 Å². The van der Waals surface area contributed by atoms with Gasteiger partial charge < -0.3 is 14.8 Å². The van der Waals surface area contributed by atoms with Crippen molar-refractivity contribution < 1.29 is 31.2 Å². The van der Waals surface area contributed by atoms with Crippen molar-refractivity contribution in [2.45, 2.75) is 24.3 Å². The number of rotatable bonds is 6. The highest BCUT2D eigenvalue weighted by atomic mass is 32.2. The average molecular weight is 412 g/mol. The molecule has 1 atom stereocenters. The molecule has 3 rings (SSSR count). The molecule has 1 aromatic heterocycles. The van der Waals surface area contributed by atoms with Crippen LogP contribution < -0.4 is 14.8 Å². The highest BCUT2D eigenvalue weighted by Gasteiger charge is 2.25. The second-order valence-electron chi connectivity index (χ2n) is 6.16. The number of nitrogens with one attached hydrogen (secondary N) is 2. The van der Waals surface area contributed by atoms with Gasteiger partial charge in [-0.1, -0.05) is 0 Å². The minimum atomic E-state index is -4.02. The van der Waals surface area contributed by atoms with Gasteiger partial charge in [0.05, 0.1) is 33.9 Å². The zero-order valence-corrected chi connectivity index (χ0v) is 15.7. The zero-order chi connectivity index (χ0) is 22.8. The maximum Gasteiger partial charge on any atom is 0.260 e. The van der Waals surface area contributed by atoms with Crippen LogP contribution >= 0.6 is 0 Å². The van der Waals surface area contributed by atoms with Crippen molar-refractivity contribution >= 4 is 21.7 Å². The number of aryl methyl sites for hydroxylation is 1. The standard InChI is InChI=1S/C18H20FN3O5S/c1-11-15(19)4-6-17(20-11)21-18(23)14-9-13(3-5-16(14)26-2)28(24,25)22-12-7-8-27-10-12/h3-6,9,12,22H,7-8,10H2,1-2H3,(H,20,21,23)/t12-/m0/s1/i2D3. The summed E-state index contributed by atoms with van der Waals surface area (Å²) in [5, 5.41) is 2.39. The number of sulfonamides is 1. The van der Waals surface area contributed by atoms with Gasteiger partial charge in [-0.2, -0.15) is 0 Å². The number of hydrogen-bond donors (Lipinski definition) is 2. The average Bonchev–Trinajstić information content (AvgIpc) is 3.16. The Morgan fingerprint density at radius 2 is 2.21 bits per heavy atom. The van der Waals surface area contributed by atoms with Crippen molar-refractivity contribution in [3.63, 3.8) is 0 Å². The maximum absolute atomic E-state index is 13.4. The van der Waals surface area contributed by atoms with E-state index in [1.54, 1.807) is 0 Å². The SMILES string of the molecule is [2H]C([2H])([2H])Oc1ccc(S(=O)(=O)N[C@H]2CCOC2)cc1C(=O)Nc1ccc(F)c(C)n1. The molecule has 1 amide bonds. The first-order chi connectivity index (χ1) is 14.4. The van der Waals surface area contributed by atoms with Crippen molar-refractivity contribution in [3.05, 3.63) is 47.4 Å². The highest BCUT2D eigenvalue weighted by molar-refractivity contribution is 7.89. The Balaban J connectivity index is 1.94. The van der Waals surface area contributed by atoms with Crippen LogP contribution in [0.2, 0.25) is 0 Å². The molecule has 1 aliphatic heterocycles. The number of ether oxygens (including phenoxy) is 2. The Hall–Kier alpha value is -2.56. The summed E-state index contributed by atoms with van der Waals surface area (Å²) in [6.07, 6.45) is 0.502. The molecule has 0 saturated carbocycles. The number of aromatic nitrogens is 1. The Kier molecular flexibility index (Phi) is 4.81. The van der Waals surface area contributed by atoms with Gasteiger partial charge in [0.25, 0.3) is 5.91 Å². The van der Waals surface area contributed by atoms with Crippen molar-refractivity contribution in [2.75, 3.05) is 25.6 Å². The lowest BCUT2D eigenvalue weighted by atomic mass is 10.2. The van der Waals surface area contributed by atoms with Gasteiger partial charge in [-0.05, 0) is 43.7 Å². The number of halogens is 1. The summed E-state index contributed by atoms with van der Waals surface area (Å²) in [5.41, 5.74) is -0.304. The fraction of sp³-hybridized carbons (Fsp3) is 0.333. The van der Waals surface area contributed by atoms with Crippen molar-refractivity contribution in [1.29, 1.82) is 0 Å². The van der Waals surface area contributed by atoms with Gasteiger partial charge in [-0.3, -0.25) is 4.79 Å². The predicted octanol–water partition coefficient (Wildman–Crippen LogP) is 1.86. The van der Waals surface area contributed by atoms with E-state index in [1.807, 2.05) is 0 Å². The summed E-state index contributed by atoms with van der Waals surface area (Å²) in [7, 11) is -6.89. The number of amides is 1. The van der Waals surface area contributed by atoms with E-state index in [0.29, 0.717) is 13.0 Å². The second-order valence-corrected chi connectivity index (χ2v) is 7.87. The first-order valence-corrected chi connectivity index (χ1v) is 9.80. The van der Waals surface area contributed by atoms with Crippen LogP contribution in [0.5, 0.6) is 5.75 Å². The predicted molar refractivity (Wildman–Crippen MR) is 99.4 cm³/mol. The normalized spacial score (nSPS) is 18.8. The molecule has 1 aromatic carbocycles. The number of pyridine rings is 1. The van der Waals surface area contributed by atoms with Crippen LogP contribution in [0.3, 0.4) is 0 Å². The first-order valence-electron chi connectivity index (χ1n) is 9.82. The number of carbonyl (C=O) groups is 1. The molecule has 150 valence electrons. The fourth-order valence-electron chi connectivity index (χ4n) is 2.65. The molecule has 0 spiro atoms. The van der Waals surface area contributed by atoms with Crippen molar-refractivity contribution in [1.82, 2.24) is 9.71 Å². The Morgan fingerprint density at radius 3 is 2.89 bits per heavy atom. The molecule has 2 aromatic rings. The summed E-state index contributed by atoms with van der Waals surface area (Å²) < 4.78 is 73.2. The highest BCUT2D eigenvalue weighted by Crippen LogP contribution is 2.24. The zero-order valence-electron chi connectivity index (χ0n) is 17.9. The van der Waals surface area contributed by atoms with E-state index in [2.05, 4.69) is 15.0 Å². The molecule has 8 nitrogen and oxygen atoms in total. The van der Waals surface area contributed by atoms with E-state index < -0.39 is 34.8 Å². The molecule has 0 radical (unpaired) electrons. The van der Waals surface area contributed by atoms with E-state index in [-0.39, 0.29) is 34.3 Å². The molecule has 1 saturated heterocycles. The van der Waals surface area contributed by atoms with Crippen molar-refractivity contribution in [2.24, 2.45) is 0 Å². The third-order valence-electron chi connectivity index (χ3n) is 4.13. The van der Waals surface area contributed by atoms with Crippen LogP contribution in [0.4, 0.5) is 10.2 Å². The summed E-state index contributed by atoms with van der Waals surface area (Å²) in [6.45, 7) is 2.05. The number of nitrogens with zero attached hydrogens (tertiary/aromatic N) is 1. The van der Waals surface area contributed by atoms with Crippen LogP contribution in [0.25, 0.3) is 0 Å². The molecular weight excluding hydrogens is 389 g/mol. The van der Waals surface area contributed by atoms with Crippen molar-refractivity contribution in [3.8, 4) is 5.75 Å². The quantitative estimate of drug-likeness (QED) is 0.750. The molecule has 2 heterocycles. The minimum Gasteiger partial charge on any atom is -0.496 e. The molecule has 28 heavy (non-hydrogen) atoms. The minimum absolute atomic E-state index is 0.00165. The summed E-state index contributed by atoms with van der Waals surface area (Å²) in [6, 6.07) is 5.14. The molecule has 1 aliphatic rings. The number of anilines is 1. The third-order valence-corrected chi connectivity index (χ3v) is 5.65. The summed E-state index contributed by atoms with van der Waals surface area (Å²) in [5.74, 6) is -1.80. The third kappa shape index (κ3) is 4.46.